The van der Waals surface area contributed by atoms with E-state index in [4.69, 9.17) is 9.84 Å². The van der Waals surface area contributed by atoms with E-state index in [9.17, 15) is 14.7 Å². The first-order valence-corrected chi connectivity index (χ1v) is 7.55. The van der Waals surface area contributed by atoms with Crippen molar-refractivity contribution in [1.29, 1.82) is 0 Å². The van der Waals surface area contributed by atoms with Crippen LogP contribution >= 0.6 is 0 Å². The van der Waals surface area contributed by atoms with Crippen molar-refractivity contribution in [3.8, 4) is 5.75 Å². The number of ether oxygens (including phenoxy) is 1. The first kappa shape index (κ1) is 17.8. The van der Waals surface area contributed by atoms with Crippen molar-refractivity contribution in [2.75, 3.05) is 11.9 Å². The van der Waals surface area contributed by atoms with Gasteiger partial charge < -0.3 is 14.9 Å². The summed E-state index contributed by atoms with van der Waals surface area (Å²) >= 11 is 0. The van der Waals surface area contributed by atoms with Gasteiger partial charge in [-0.25, -0.2) is 9.59 Å². The monoisotopic (exact) mass is 309 g/mol. The van der Waals surface area contributed by atoms with Crippen molar-refractivity contribution in [1.82, 2.24) is 0 Å². The Morgan fingerprint density at radius 2 is 1.82 bits per heavy atom. The summed E-state index contributed by atoms with van der Waals surface area (Å²) in [5, 5.41) is 20.9. The van der Waals surface area contributed by atoms with E-state index in [2.05, 4.69) is 12.2 Å². The topological polar surface area (TPSA) is 95.9 Å². The first-order valence-electron chi connectivity index (χ1n) is 7.55. The summed E-state index contributed by atoms with van der Waals surface area (Å²) in [5.41, 5.74) is -0.334. The van der Waals surface area contributed by atoms with E-state index in [1.54, 1.807) is 0 Å². The van der Waals surface area contributed by atoms with Gasteiger partial charge in [-0.1, -0.05) is 45.1 Å². The molecule has 0 aromatic heterocycles. The van der Waals surface area contributed by atoms with Crippen LogP contribution in [0, 0.1) is 0 Å². The molecule has 6 heteroatoms. The van der Waals surface area contributed by atoms with Crippen LogP contribution in [-0.2, 0) is 4.74 Å². The van der Waals surface area contributed by atoms with Gasteiger partial charge in [-0.15, -0.1) is 0 Å². The predicted octanol–water partition coefficient (Wildman–Crippen LogP) is 4.00. The van der Waals surface area contributed by atoms with E-state index < -0.39 is 17.8 Å². The molecule has 3 N–H and O–H groups in total. The molecule has 0 saturated heterocycles. The van der Waals surface area contributed by atoms with Gasteiger partial charge in [0.25, 0.3) is 0 Å². The van der Waals surface area contributed by atoms with Crippen molar-refractivity contribution in [2.45, 2.75) is 45.4 Å². The number of anilines is 1. The summed E-state index contributed by atoms with van der Waals surface area (Å²) in [6.45, 7) is 2.44. The summed E-state index contributed by atoms with van der Waals surface area (Å²) in [4.78, 5) is 22.7. The van der Waals surface area contributed by atoms with Crippen molar-refractivity contribution in [3.63, 3.8) is 0 Å². The maximum absolute atomic E-state index is 11.6. The Labute approximate surface area is 130 Å². The second-order valence-electron chi connectivity index (χ2n) is 5.03. The number of nitrogens with one attached hydrogen (secondary N) is 1. The van der Waals surface area contributed by atoms with Crippen molar-refractivity contribution >= 4 is 17.7 Å². The molecule has 0 unspecified atom stereocenters. The Morgan fingerprint density at radius 3 is 2.50 bits per heavy atom. The molecule has 0 saturated carbocycles. The molecule has 0 aliphatic rings. The molecule has 0 radical (unpaired) electrons. The van der Waals surface area contributed by atoms with E-state index in [0.29, 0.717) is 6.61 Å². The van der Waals surface area contributed by atoms with Crippen LogP contribution in [0.3, 0.4) is 0 Å². The Morgan fingerprint density at radius 1 is 1.14 bits per heavy atom. The van der Waals surface area contributed by atoms with Crippen LogP contribution < -0.4 is 5.32 Å². The molecule has 1 rings (SSSR count). The third-order valence-electron chi connectivity index (χ3n) is 3.22. The van der Waals surface area contributed by atoms with Gasteiger partial charge in [-0.3, -0.25) is 5.32 Å². The number of unbranched alkanes of at least 4 members (excludes halogenated alkanes) is 5. The predicted molar refractivity (Wildman–Crippen MR) is 83.4 cm³/mol. The first-order chi connectivity index (χ1) is 10.6. The molecule has 1 aromatic rings. The minimum absolute atomic E-state index is 0.0143. The lowest BCUT2D eigenvalue weighted by molar-refractivity contribution is 0.0695. The number of hydrogen-bond donors (Lipinski definition) is 3. The van der Waals surface area contributed by atoms with E-state index in [0.717, 1.165) is 19.3 Å². The fourth-order valence-electron chi connectivity index (χ4n) is 2.06. The highest BCUT2D eigenvalue weighted by atomic mass is 16.5. The van der Waals surface area contributed by atoms with E-state index in [-0.39, 0.29) is 11.3 Å². The highest BCUT2D eigenvalue weighted by Gasteiger charge is 2.17. The average molecular weight is 309 g/mol. The smallest absolute Gasteiger partial charge is 0.411 e. The van der Waals surface area contributed by atoms with E-state index in [1.165, 1.54) is 37.5 Å². The number of aromatic hydroxyl groups is 1. The summed E-state index contributed by atoms with van der Waals surface area (Å²) in [7, 11) is 0. The van der Waals surface area contributed by atoms with Gasteiger partial charge in [-0.2, -0.15) is 0 Å². The van der Waals surface area contributed by atoms with Crippen LogP contribution in [0.4, 0.5) is 10.5 Å². The number of carboxylic acid groups (broad SMARTS) is 1. The lowest BCUT2D eigenvalue weighted by Gasteiger charge is -2.10. The summed E-state index contributed by atoms with van der Waals surface area (Å²) in [6, 6.07) is 4.09. The summed E-state index contributed by atoms with van der Waals surface area (Å²) in [5.74, 6) is -1.72. The summed E-state index contributed by atoms with van der Waals surface area (Å²) in [6.07, 6.45) is 5.78. The molecule has 1 amide bonds. The van der Waals surface area contributed by atoms with Crippen LogP contribution in [0.2, 0.25) is 0 Å². The van der Waals surface area contributed by atoms with Crippen LogP contribution in [0.25, 0.3) is 0 Å². The highest BCUT2D eigenvalue weighted by Crippen LogP contribution is 2.25. The van der Waals surface area contributed by atoms with E-state index >= 15 is 0 Å². The van der Waals surface area contributed by atoms with Crippen LogP contribution in [0.15, 0.2) is 18.2 Å². The number of carbonyl (C=O) groups excluding carboxylic acids is 1. The number of aromatic carboxylic acids is 1. The van der Waals surface area contributed by atoms with E-state index in [1.807, 2.05) is 0 Å². The van der Waals surface area contributed by atoms with Crippen molar-refractivity contribution in [2.24, 2.45) is 0 Å². The molecule has 0 fully saturated rings. The lowest BCUT2D eigenvalue weighted by atomic mass is 10.1. The van der Waals surface area contributed by atoms with Gasteiger partial charge >= 0.3 is 12.1 Å². The number of hydrogen-bond acceptors (Lipinski definition) is 4. The molecule has 1 aromatic carbocycles. The molecule has 0 aliphatic heterocycles. The highest BCUT2D eigenvalue weighted by molar-refractivity contribution is 6.01. The lowest BCUT2D eigenvalue weighted by Crippen LogP contribution is -2.16. The molecule has 6 nitrogen and oxygen atoms in total. The van der Waals surface area contributed by atoms with Crippen molar-refractivity contribution in [3.05, 3.63) is 23.8 Å². The molecule has 0 aliphatic carbocycles. The molecule has 122 valence electrons. The molecule has 22 heavy (non-hydrogen) atoms. The minimum Gasteiger partial charge on any atom is -0.507 e. The second kappa shape index (κ2) is 9.65. The van der Waals surface area contributed by atoms with Gasteiger partial charge in [0.15, 0.2) is 0 Å². The largest absolute Gasteiger partial charge is 0.507 e. The van der Waals surface area contributed by atoms with Gasteiger partial charge in [0.1, 0.15) is 11.3 Å². The maximum atomic E-state index is 11.6. The van der Waals surface area contributed by atoms with Crippen LogP contribution in [0.5, 0.6) is 5.75 Å². The zero-order chi connectivity index (χ0) is 16.4. The Kier molecular flexibility index (Phi) is 7.81. The van der Waals surface area contributed by atoms with Crippen molar-refractivity contribution < 1.29 is 24.5 Å². The Bertz CT molecular complexity index is 501. The number of benzene rings is 1. The quantitative estimate of drug-likeness (QED) is 0.599. The zero-order valence-electron chi connectivity index (χ0n) is 12.8. The average Bonchev–Trinajstić information content (AvgIpc) is 2.46. The molecular formula is C16H23NO5. The van der Waals surface area contributed by atoms with Gasteiger partial charge in [0.05, 0.1) is 12.3 Å². The number of carboxylic acids is 1. The molecule has 0 bridgehead atoms. The number of phenols is 1. The number of amides is 1. The second-order valence-corrected chi connectivity index (χ2v) is 5.03. The number of rotatable bonds is 9. The third-order valence-corrected chi connectivity index (χ3v) is 3.22. The fourth-order valence-corrected chi connectivity index (χ4v) is 2.06. The molecule has 0 heterocycles. The van der Waals surface area contributed by atoms with Crippen LogP contribution in [-0.4, -0.2) is 28.9 Å². The fraction of sp³-hybridized carbons (Fsp3) is 0.500. The molecule has 0 atom stereocenters. The number of carbonyl (C=O) groups is 2. The Balaban J connectivity index is 2.37. The maximum Gasteiger partial charge on any atom is 0.411 e. The van der Waals surface area contributed by atoms with Gasteiger partial charge in [0.2, 0.25) is 0 Å². The molecule has 0 spiro atoms. The standard InChI is InChI=1S/C16H23NO5/c1-2-3-4-5-6-7-11-22-16(21)17-12-9-8-10-13(18)14(12)15(19)20/h8-10,18H,2-7,11H2,1H3,(H,17,21)(H,19,20). The zero-order valence-corrected chi connectivity index (χ0v) is 12.8. The van der Waals surface area contributed by atoms with Gasteiger partial charge in [-0.05, 0) is 18.6 Å². The van der Waals surface area contributed by atoms with Crippen LogP contribution in [0.1, 0.15) is 55.8 Å². The normalized spacial score (nSPS) is 10.2. The Hall–Kier alpha value is -2.24. The summed E-state index contributed by atoms with van der Waals surface area (Å²) < 4.78 is 5.00. The SMILES string of the molecule is CCCCCCCCOC(=O)Nc1cccc(O)c1C(=O)O. The third kappa shape index (κ3) is 6.03. The van der Waals surface area contributed by atoms with Gasteiger partial charge in [0, 0.05) is 0 Å². The molecular weight excluding hydrogens is 286 g/mol. The minimum atomic E-state index is -1.32.